The molecule has 3 aromatic rings. The van der Waals surface area contributed by atoms with Crippen LogP contribution in [-0.4, -0.2) is 30.9 Å². The molecule has 0 atom stereocenters. The smallest absolute Gasteiger partial charge is 0.358 e. The van der Waals surface area contributed by atoms with Gasteiger partial charge in [-0.05, 0) is 33.5 Å². The average Bonchev–Trinajstić information content (AvgIpc) is 3.15. The number of aryl methyl sites for hydroxylation is 1. The Morgan fingerprint density at radius 3 is 2.58 bits per heavy atom. The molecule has 0 N–H and O–H groups in total. The lowest BCUT2D eigenvalue weighted by molar-refractivity contribution is -0.392. The van der Waals surface area contributed by atoms with E-state index in [9.17, 15) is 10.1 Å². The van der Waals surface area contributed by atoms with Gasteiger partial charge >= 0.3 is 5.82 Å². The van der Waals surface area contributed by atoms with Crippen molar-refractivity contribution in [3.8, 4) is 0 Å². The molecule has 0 saturated heterocycles. The number of hydrogen-bond acceptors (Lipinski definition) is 8. The fourth-order valence-electron chi connectivity index (χ4n) is 2.10. The van der Waals surface area contributed by atoms with Crippen LogP contribution in [0.1, 0.15) is 11.4 Å². The molecule has 2 heterocycles. The summed E-state index contributed by atoms with van der Waals surface area (Å²) in [4.78, 5) is 15.0. The van der Waals surface area contributed by atoms with Gasteiger partial charge in [0.1, 0.15) is 0 Å². The number of aromatic nitrogens is 4. The monoisotopic (exact) mass is 379 g/mol. The molecular formula is C14H13N5O2S3. The zero-order chi connectivity index (χ0) is 17.1. The highest BCUT2D eigenvalue weighted by Crippen LogP contribution is 2.38. The van der Waals surface area contributed by atoms with Crippen LogP contribution in [0.3, 0.4) is 0 Å². The number of thioether (sulfide) groups is 1. The Kier molecular flexibility index (Phi) is 5.17. The highest BCUT2D eigenvalue weighted by Gasteiger charge is 2.27. The Morgan fingerprint density at radius 2 is 1.96 bits per heavy atom. The molecule has 10 heteroatoms. The highest BCUT2D eigenvalue weighted by atomic mass is 32.2. The van der Waals surface area contributed by atoms with Gasteiger partial charge in [0.2, 0.25) is 5.82 Å². The molecule has 124 valence electrons. The number of rotatable bonds is 6. The molecule has 0 aliphatic carbocycles. The molecule has 1 aromatic carbocycles. The number of benzene rings is 1. The Morgan fingerprint density at radius 1 is 1.25 bits per heavy atom. The van der Waals surface area contributed by atoms with Crippen LogP contribution in [-0.2, 0) is 6.54 Å². The van der Waals surface area contributed by atoms with E-state index in [0.29, 0.717) is 21.7 Å². The molecule has 7 nitrogen and oxygen atoms in total. The number of nitrogens with zero attached hydrogens (tertiary/aromatic N) is 5. The summed E-state index contributed by atoms with van der Waals surface area (Å²) in [5.74, 6) is 0.456. The second-order valence-corrected chi connectivity index (χ2v) is 8.02. The lowest BCUT2D eigenvalue weighted by atomic mass is 10.2. The average molecular weight is 379 g/mol. The zero-order valence-corrected chi connectivity index (χ0v) is 15.3. The van der Waals surface area contributed by atoms with Crippen molar-refractivity contribution < 1.29 is 4.92 Å². The van der Waals surface area contributed by atoms with E-state index < -0.39 is 4.92 Å². The van der Waals surface area contributed by atoms with Crippen LogP contribution in [0.25, 0.3) is 0 Å². The minimum atomic E-state index is -0.451. The van der Waals surface area contributed by atoms with Gasteiger partial charge in [-0.3, -0.25) is 4.57 Å². The van der Waals surface area contributed by atoms with Gasteiger partial charge in [-0.25, -0.2) is 0 Å². The first-order chi connectivity index (χ1) is 11.6. The quantitative estimate of drug-likeness (QED) is 0.365. The van der Waals surface area contributed by atoms with E-state index >= 15 is 0 Å². The lowest BCUT2D eigenvalue weighted by Gasteiger charge is -2.07. The first-order valence-electron chi connectivity index (χ1n) is 6.89. The zero-order valence-electron chi connectivity index (χ0n) is 12.9. The maximum atomic E-state index is 11.4. The molecule has 0 unspecified atom stereocenters. The summed E-state index contributed by atoms with van der Waals surface area (Å²) in [5, 5.41) is 20.0. The second-order valence-electron chi connectivity index (χ2n) is 4.76. The van der Waals surface area contributed by atoms with Crippen molar-refractivity contribution >= 4 is 40.7 Å². The fourth-order valence-corrected chi connectivity index (χ4v) is 4.67. The molecule has 0 saturated carbocycles. The molecular weight excluding hydrogens is 366 g/mol. The van der Waals surface area contributed by atoms with Crippen LogP contribution in [0.4, 0.5) is 5.82 Å². The molecule has 3 rings (SSSR count). The summed E-state index contributed by atoms with van der Waals surface area (Å²) in [6.07, 6.45) is 1.92. The van der Waals surface area contributed by atoms with Crippen molar-refractivity contribution in [3.63, 3.8) is 0 Å². The standard InChI is InChI=1S/C14H13N5O2S3/c1-9-15-11(19(20)21)12(23-14-17-16-13(22-2)24-14)18(9)8-10-6-4-3-5-7-10/h3-7H,8H2,1-2H3. The van der Waals surface area contributed by atoms with Crippen LogP contribution in [0.15, 0.2) is 44.0 Å². The maximum Gasteiger partial charge on any atom is 0.396 e. The Balaban J connectivity index is 1.99. The predicted octanol–water partition coefficient (Wildman–Crippen LogP) is 3.87. The Hall–Kier alpha value is -1.91. The van der Waals surface area contributed by atoms with Crippen LogP contribution >= 0.6 is 34.9 Å². The van der Waals surface area contributed by atoms with Gasteiger partial charge in [-0.2, -0.15) is 0 Å². The van der Waals surface area contributed by atoms with Gasteiger partial charge in [0.15, 0.2) is 13.7 Å². The lowest BCUT2D eigenvalue weighted by Crippen LogP contribution is -2.03. The van der Waals surface area contributed by atoms with Crippen LogP contribution < -0.4 is 0 Å². The number of imidazole rings is 1. The molecule has 0 fully saturated rings. The number of nitro groups is 1. The van der Waals surface area contributed by atoms with Gasteiger partial charge in [0, 0.05) is 6.92 Å². The van der Waals surface area contributed by atoms with Crippen molar-refractivity contribution in [1.29, 1.82) is 0 Å². The topological polar surface area (TPSA) is 86.7 Å². The fraction of sp³-hybridized carbons (Fsp3) is 0.214. The predicted molar refractivity (Wildman–Crippen MR) is 95.0 cm³/mol. The van der Waals surface area contributed by atoms with Crippen molar-refractivity contribution in [2.24, 2.45) is 0 Å². The Labute approximate surface area is 150 Å². The van der Waals surface area contributed by atoms with E-state index in [2.05, 4.69) is 15.2 Å². The van der Waals surface area contributed by atoms with Crippen LogP contribution in [0.2, 0.25) is 0 Å². The SMILES string of the molecule is CSc1nnc(Sc2c([N+](=O)[O-])nc(C)n2Cc2ccccc2)s1. The maximum absolute atomic E-state index is 11.4. The third kappa shape index (κ3) is 3.60. The first-order valence-corrected chi connectivity index (χ1v) is 9.75. The summed E-state index contributed by atoms with van der Waals surface area (Å²) in [6.45, 7) is 2.29. The van der Waals surface area contributed by atoms with Gasteiger partial charge in [0.05, 0.1) is 6.54 Å². The van der Waals surface area contributed by atoms with E-state index in [4.69, 9.17) is 0 Å². The molecule has 2 aromatic heterocycles. The third-order valence-corrected chi connectivity index (χ3v) is 6.24. The van der Waals surface area contributed by atoms with Crippen molar-refractivity contribution in [2.45, 2.75) is 27.2 Å². The first kappa shape index (κ1) is 16.9. The normalized spacial score (nSPS) is 10.9. The van der Waals surface area contributed by atoms with Gasteiger partial charge in [0.25, 0.3) is 0 Å². The van der Waals surface area contributed by atoms with E-state index in [0.717, 1.165) is 9.90 Å². The molecule has 0 amide bonds. The summed E-state index contributed by atoms with van der Waals surface area (Å²) >= 11 is 4.15. The van der Waals surface area contributed by atoms with Crippen molar-refractivity contribution in [1.82, 2.24) is 19.7 Å². The van der Waals surface area contributed by atoms with E-state index in [1.54, 1.807) is 6.92 Å². The highest BCUT2D eigenvalue weighted by molar-refractivity contribution is 8.03. The third-order valence-electron chi connectivity index (χ3n) is 3.20. The van der Waals surface area contributed by atoms with Gasteiger partial charge in [-0.15, -0.1) is 10.2 Å². The summed E-state index contributed by atoms with van der Waals surface area (Å²) in [6, 6.07) is 9.79. The largest absolute Gasteiger partial charge is 0.396 e. The van der Waals surface area contributed by atoms with Crippen molar-refractivity contribution in [2.75, 3.05) is 6.26 Å². The molecule has 0 aliphatic heterocycles. The second kappa shape index (κ2) is 7.32. The van der Waals surface area contributed by atoms with Gasteiger partial charge < -0.3 is 10.1 Å². The molecule has 0 aliphatic rings. The van der Waals surface area contributed by atoms with E-state index in [1.165, 1.54) is 34.9 Å². The Bertz CT molecular complexity index is 863. The molecule has 0 spiro atoms. The summed E-state index contributed by atoms with van der Waals surface area (Å²) in [7, 11) is 0. The molecule has 0 radical (unpaired) electrons. The molecule has 24 heavy (non-hydrogen) atoms. The van der Waals surface area contributed by atoms with Gasteiger partial charge in [-0.1, -0.05) is 53.4 Å². The number of hydrogen-bond donors (Lipinski definition) is 0. The van der Waals surface area contributed by atoms with Crippen molar-refractivity contribution in [3.05, 3.63) is 51.8 Å². The summed E-state index contributed by atoms with van der Waals surface area (Å²) < 4.78 is 3.33. The van der Waals surface area contributed by atoms with Crippen LogP contribution in [0, 0.1) is 17.0 Å². The molecule has 0 bridgehead atoms. The minimum absolute atomic E-state index is 0.144. The van der Waals surface area contributed by atoms with E-state index in [1.807, 2.05) is 41.2 Å². The minimum Gasteiger partial charge on any atom is -0.358 e. The van der Waals surface area contributed by atoms with Crippen LogP contribution in [0.5, 0.6) is 0 Å². The summed E-state index contributed by atoms with van der Waals surface area (Å²) in [5.41, 5.74) is 1.05. The van der Waals surface area contributed by atoms with E-state index in [-0.39, 0.29) is 5.82 Å².